The molecule has 0 N–H and O–H groups in total. The summed E-state index contributed by atoms with van der Waals surface area (Å²) in [4.78, 5) is 20.8. The summed E-state index contributed by atoms with van der Waals surface area (Å²) in [7, 11) is 3.15. The van der Waals surface area contributed by atoms with Crippen molar-refractivity contribution < 1.29 is 14.2 Å². The Labute approximate surface area is 182 Å². The summed E-state index contributed by atoms with van der Waals surface area (Å²) in [6.07, 6.45) is 0. The number of fused-ring (bicyclic) bond motifs is 1. The Morgan fingerprint density at radius 2 is 1.58 bits per heavy atom. The van der Waals surface area contributed by atoms with Gasteiger partial charge in [-0.15, -0.1) is 0 Å². The number of morpholine rings is 1. The average molecular weight is 424 g/mol. The van der Waals surface area contributed by atoms with E-state index in [1.807, 2.05) is 0 Å². The molecule has 0 radical (unpaired) electrons. The van der Waals surface area contributed by atoms with Crippen LogP contribution in [0.3, 0.4) is 0 Å². The van der Waals surface area contributed by atoms with E-state index in [0.717, 1.165) is 24.5 Å². The lowest BCUT2D eigenvalue weighted by molar-refractivity contribution is 0.0325. The molecule has 3 aromatic rings. The Morgan fingerprint density at radius 1 is 0.935 bits per heavy atom. The molecule has 1 aliphatic heterocycles. The van der Waals surface area contributed by atoms with E-state index in [0.29, 0.717) is 48.7 Å². The van der Waals surface area contributed by atoms with Gasteiger partial charge in [0.2, 0.25) is 0 Å². The van der Waals surface area contributed by atoms with E-state index in [1.165, 1.54) is 11.1 Å². The topological polar surface area (TPSA) is 65.8 Å². The molecule has 0 aliphatic carbocycles. The first-order valence-electron chi connectivity index (χ1n) is 10.5. The highest BCUT2D eigenvalue weighted by Gasteiger charge is 2.19. The van der Waals surface area contributed by atoms with Crippen LogP contribution in [0.1, 0.15) is 22.5 Å². The minimum absolute atomic E-state index is 0.0756. The minimum Gasteiger partial charge on any atom is -0.493 e. The van der Waals surface area contributed by atoms with Crippen LogP contribution in [0.4, 0.5) is 0 Å². The van der Waals surface area contributed by atoms with Crippen molar-refractivity contribution in [3.63, 3.8) is 0 Å². The molecule has 1 saturated heterocycles. The Morgan fingerprint density at radius 3 is 2.23 bits per heavy atom. The van der Waals surface area contributed by atoms with Crippen molar-refractivity contribution in [2.45, 2.75) is 26.9 Å². The van der Waals surface area contributed by atoms with Crippen LogP contribution in [0.2, 0.25) is 0 Å². The van der Waals surface area contributed by atoms with Crippen molar-refractivity contribution in [3.05, 3.63) is 63.2 Å². The van der Waals surface area contributed by atoms with Crippen molar-refractivity contribution in [3.8, 4) is 11.5 Å². The molecule has 1 aromatic heterocycles. The molecule has 7 nitrogen and oxygen atoms in total. The molecule has 4 rings (SSSR count). The van der Waals surface area contributed by atoms with Crippen molar-refractivity contribution in [1.29, 1.82) is 0 Å². The van der Waals surface area contributed by atoms with Gasteiger partial charge < -0.3 is 14.2 Å². The fourth-order valence-electron chi connectivity index (χ4n) is 4.18. The molecule has 0 atom stereocenters. The number of benzene rings is 2. The summed E-state index contributed by atoms with van der Waals surface area (Å²) in [5.41, 5.74) is 3.98. The lowest BCUT2D eigenvalue weighted by Gasteiger charge is -2.27. The molecule has 0 bridgehead atoms. The van der Waals surface area contributed by atoms with Crippen LogP contribution in [0, 0.1) is 13.8 Å². The highest BCUT2D eigenvalue weighted by atomic mass is 16.5. The average Bonchev–Trinajstić information content (AvgIpc) is 2.75. The third-order valence-corrected chi connectivity index (χ3v) is 5.63. The molecule has 31 heavy (non-hydrogen) atoms. The molecular weight excluding hydrogens is 394 g/mol. The summed E-state index contributed by atoms with van der Waals surface area (Å²) in [5, 5.41) is 0.521. The molecule has 0 amide bonds. The van der Waals surface area contributed by atoms with Crippen molar-refractivity contribution >= 4 is 10.9 Å². The van der Waals surface area contributed by atoms with Crippen LogP contribution < -0.4 is 15.0 Å². The Balaban J connectivity index is 1.85. The number of ether oxygens (including phenoxy) is 3. The molecule has 2 aromatic carbocycles. The highest BCUT2D eigenvalue weighted by molar-refractivity contribution is 5.82. The van der Waals surface area contributed by atoms with Crippen LogP contribution in [0.5, 0.6) is 11.5 Å². The SMILES string of the molecule is COc1cc2nc(CN3CCOCC3)n(Cc3cc(C)cc(C)c3)c(=O)c2cc1OC. The number of aryl methyl sites for hydroxylation is 2. The molecule has 1 aliphatic rings. The number of aromatic nitrogens is 2. The molecule has 2 heterocycles. The second kappa shape index (κ2) is 9.08. The van der Waals surface area contributed by atoms with E-state index in [-0.39, 0.29) is 5.56 Å². The highest BCUT2D eigenvalue weighted by Crippen LogP contribution is 2.30. The van der Waals surface area contributed by atoms with Crippen LogP contribution in [0.15, 0.2) is 35.1 Å². The molecular formula is C24H29N3O4. The summed E-state index contributed by atoms with van der Waals surface area (Å²) in [5.74, 6) is 1.82. The van der Waals surface area contributed by atoms with Gasteiger partial charge in [0.25, 0.3) is 5.56 Å². The van der Waals surface area contributed by atoms with Crippen molar-refractivity contribution in [2.24, 2.45) is 0 Å². The zero-order valence-electron chi connectivity index (χ0n) is 18.6. The first kappa shape index (κ1) is 21.3. The lowest BCUT2D eigenvalue weighted by atomic mass is 10.1. The summed E-state index contributed by atoms with van der Waals surface area (Å²) in [6.45, 7) is 8.24. The normalized spacial score (nSPS) is 14.7. The number of hydrogen-bond acceptors (Lipinski definition) is 6. The largest absolute Gasteiger partial charge is 0.493 e. The van der Waals surface area contributed by atoms with Gasteiger partial charge in [0.15, 0.2) is 11.5 Å². The van der Waals surface area contributed by atoms with Gasteiger partial charge in [-0.25, -0.2) is 4.98 Å². The minimum atomic E-state index is -0.0756. The molecule has 164 valence electrons. The summed E-state index contributed by atoms with van der Waals surface area (Å²) < 4.78 is 18.1. The Bertz CT molecular complexity index is 1130. The maximum Gasteiger partial charge on any atom is 0.261 e. The molecule has 0 saturated carbocycles. The van der Waals surface area contributed by atoms with E-state index >= 15 is 0 Å². The van der Waals surface area contributed by atoms with E-state index < -0.39 is 0 Å². The first-order valence-corrected chi connectivity index (χ1v) is 10.5. The fourth-order valence-corrected chi connectivity index (χ4v) is 4.18. The predicted octanol–water partition coefficient (Wildman–Crippen LogP) is 2.91. The quantitative estimate of drug-likeness (QED) is 0.607. The number of nitrogens with zero attached hydrogens (tertiary/aromatic N) is 3. The lowest BCUT2D eigenvalue weighted by Crippen LogP contribution is -2.38. The van der Waals surface area contributed by atoms with E-state index in [1.54, 1.807) is 30.9 Å². The standard InChI is InChI=1S/C24H29N3O4/c1-16-9-17(2)11-18(10-16)14-27-23(15-26-5-7-31-8-6-26)25-20-13-22(30-4)21(29-3)12-19(20)24(27)28/h9-13H,5-8,14-15H2,1-4H3. The van der Waals surface area contributed by atoms with E-state index in [9.17, 15) is 4.79 Å². The number of rotatable bonds is 6. The zero-order valence-corrected chi connectivity index (χ0v) is 18.6. The van der Waals surface area contributed by atoms with Gasteiger partial charge in [0.05, 0.1) is 51.4 Å². The number of hydrogen-bond donors (Lipinski definition) is 0. The second-order valence-corrected chi connectivity index (χ2v) is 8.03. The monoisotopic (exact) mass is 423 g/mol. The van der Waals surface area contributed by atoms with Gasteiger partial charge in [-0.3, -0.25) is 14.3 Å². The second-order valence-electron chi connectivity index (χ2n) is 8.03. The van der Waals surface area contributed by atoms with Crippen LogP contribution in [-0.4, -0.2) is 55.0 Å². The Kier molecular flexibility index (Phi) is 6.25. The molecule has 1 fully saturated rings. The smallest absolute Gasteiger partial charge is 0.261 e. The molecule has 0 unspecified atom stereocenters. The predicted molar refractivity (Wildman–Crippen MR) is 120 cm³/mol. The fraction of sp³-hybridized carbons (Fsp3) is 0.417. The van der Waals surface area contributed by atoms with E-state index in [2.05, 4.69) is 36.9 Å². The number of methoxy groups -OCH3 is 2. The van der Waals surface area contributed by atoms with Gasteiger partial charge in [-0.2, -0.15) is 0 Å². The van der Waals surface area contributed by atoms with Crippen LogP contribution >= 0.6 is 0 Å². The van der Waals surface area contributed by atoms with Crippen molar-refractivity contribution in [1.82, 2.24) is 14.5 Å². The third-order valence-electron chi connectivity index (χ3n) is 5.63. The van der Waals surface area contributed by atoms with Gasteiger partial charge in [0.1, 0.15) is 5.82 Å². The maximum atomic E-state index is 13.6. The molecule has 7 heteroatoms. The van der Waals surface area contributed by atoms with Gasteiger partial charge >= 0.3 is 0 Å². The van der Waals surface area contributed by atoms with Gasteiger partial charge in [-0.1, -0.05) is 29.3 Å². The van der Waals surface area contributed by atoms with Gasteiger partial charge in [0, 0.05) is 19.2 Å². The maximum absolute atomic E-state index is 13.6. The molecule has 0 spiro atoms. The van der Waals surface area contributed by atoms with Gasteiger partial charge in [-0.05, 0) is 25.5 Å². The zero-order chi connectivity index (χ0) is 22.0. The Hall–Kier alpha value is -2.90. The summed E-state index contributed by atoms with van der Waals surface area (Å²) >= 11 is 0. The van der Waals surface area contributed by atoms with Crippen LogP contribution in [-0.2, 0) is 17.8 Å². The van der Waals surface area contributed by atoms with E-state index in [4.69, 9.17) is 19.2 Å². The van der Waals surface area contributed by atoms with Crippen LogP contribution in [0.25, 0.3) is 10.9 Å². The van der Waals surface area contributed by atoms with Crippen molar-refractivity contribution in [2.75, 3.05) is 40.5 Å². The summed E-state index contributed by atoms with van der Waals surface area (Å²) in [6, 6.07) is 9.88. The first-order chi connectivity index (χ1) is 15.0. The third kappa shape index (κ3) is 4.57.